The first-order valence-corrected chi connectivity index (χ1v) is 10.0. The van der Waals surface area contributed by atoms with E-state index in [-0.39, 0.29) is 11.9 Å². The molecular weight excluding hydrogens is 374 g/mol. The Morgan fingerprint density at radius 3 is 2.82 bits per heavy atom. The smallest absolute Gasteiger partial charge is 0.264 e. The highest BCUT2D eigenvalue weighted by Crippen LogP contribution is 2.39. The number of benzene rings is 1. The second-order valence-corrected chi connectivity index (χ2v) is 7.99. The number of hydrogen-bond donors (Lipinski definition) is 0. The lowest BCUT2D eigenvalue weighted by Crippen LogP contribution is -2.29. The second kappa shape index (κ2) is 7.48. The van der Waals surface area contributed by atoms with Gasteiger partial charge in [0, 0.05) is 14.2 Å². The van der Waals surface area contributed by atoms with E-state index in [1.54, 1.807) is 14.2 Å². The van der Waals surface area contributed by atoms with Crippen LogP contribution in [0.4, 0.5) is 0 Å². The zero-order valence-electron chi connectivity index (χ0n) is 16.5. The number of fused-ring (bicyclic) bond motifs is 2. The Bertz CT molecular complexity index is 1050. The molecular formula is C21H23N3O3S. The van der Waals surface area contributed by atoms with Gasteiger partial charge in [-0.1, -0.05) is 24.3 Å². The molecule has 1 atom stereocenters. The van der Waals surface area contributed by atoms with Gasteiger partial charge in [-0.3, -0.25) is 4.79 Å². The summed E-state index contributed by atoms with van der Waals surface area (Å²) in [7, 11) is 5.07. The lowest BCUT2D eigenvalue weighted by Gasteiger charge is -2.25. The molecule has 0 fully saturated rings. The fourth-order valence-corrected chi connectivity index (χ4v) is 5.10. The molecule has 2 aromatic heterocycles. The van der Waals surface area contributed by atoms with Crippen LogP contribution in [0.25, 0.3) is 10.2 Å². The number of carbonyl (C=O) groups excluding carboxylic acids is 1. The van der Waals surface area contributed by atoms with Crippen LogP contribution in [0.2, 0.25) is 0 Å². The second-order valence-electron chi connectivity index (χ2n) is 6.99. The first-order chi connectivity index (χ1) is 13.5. The molecule has 1 amide bonds. The number of aryl methyl sites for hydroxylation is 2. The van der Waals surface area contributed by atoms with Crippen LogP contribution >= 0.6 is 11.3 Å². The first kappa shape index (κ1) is 18.8. The molecule has 28 heavy (non-hydrogen) atoms. The van der Waals surface area contributed by atoms with E-state index < -0.39 is 0 Å². The van der Waals surface area contributed by atoms with Crippen molar-refractivity contribution in [3.8, 4) is 5.88 Å². The normalized spacial score (nSPS) is 15.6. The highest BCUT2D eigenvalue weighted by molar-refractivity contribution is 7.20. The minimum absolute atomic E-state index is 0.0116. The Kier molecular flexibility index (Phi) is 5.03. The summed E-state index contributed by atoms with van der Waals surface area (Å²) < 4.78 is 10.6. The molecule has 0 radical (unpaired) electrons. The van der Waals surface area contributed by atoms with Gasteiger partial charge in [0.15, 0.2) is 5.82 Å². The number of methoxy groups -OCH3 is 2. The molecule has 0 spiro atoms. The summed E-state index contributed by atoms with van der Waals surface area (Å²) in [4.78, 5) is 25.6. The summed E-state index contributed by atoms with van der Waals surface area (Å²) >= 11 is 1.39. The maximum Gasteiger partial charge on any atom is 0.264 e. The molecule has 7 heteroatoms. The zero-order valence-corrected chi connectivity index (χ0v) is 17.3. The van der Waals surface area contributed by atoms with E-state index in [9.17, 15) is 4.79 Å². The van der Waals surface area contributed by atoms with E-state index in [1.165, 1.54) is 22.5 Å². The van der Waals surface area contributed by atoms with Crippen molar-refractivity contribution in [1.82, 2.24) is 14.9 Å². The predicted octanol–water partition coefficient (Wildman–Crippen LogP) is 3.91. The minimum atomic E-state index is 0.0116. The molecule has 1 aliphatic carbocycles. The fourth-order valence-electron chi connectivity index (χ4n) is 3.93. The van der Waals surface area contributed by atoms with E-state index >= 15 is 0 Å². The number of nitrogens with zero attached hydrogens (tertiary/aromatic N) is 3. The van der Waals surface area contributed by atoms with Gasteiger partial charge in [-0.15, -0.1) is 11.3 Å². The van der Waals surface area contributed by atoms with Crippen LogP contribution in [-0.2, 0) is 17.8 Å². The largest absolute Gasteiger partial charge is 0.480 e. The maximum atomic E-state index is 13.4. The topological polar surface area (TPSA) is 64.6 Å². The number of thiophene rings is 1. The van der Waals surface area contributed by atoms with Gasteiger partial charge in [0.2, 0.25) is 5.88 Å². The molecule has 0 saturated carbocycles. The Balaban J connectivity index is 1.72. The molecule has 4 rings (SSSR count). The molecule has 6 nitrogen and oxygen atoms in total. The molecule has 0 saturated heterocycles. The van der Waals surface area contributed by atoms with E-state index in [1.807, 2.05) is 24.9 Å². The van der Waals surface area contributed by atoms with Crippen molar-refractivity contribution in [2.24, 2.45) is 0 Å². The number of hydrogen-bond acceptors (Lipinski definition) is 6. The van der Waals surface area contributed by atoms with Crippen LogP contribution < -0.4 is 4.74 Å². The van der Waals surface area contributed by atoms with Crippen LogP contribution in [0.5, 0.6) is 5.88 Å². The van der Waals surface area contributed by atoms with Gasteiger partial charge in [-0.2, -0.15) is 4.98 Å². The van der Waals surface area contributed by atoms with Crippen molar-refractivity contribution in [3.05, 3.63) is 51.7 Å². The molecule has 0 aliphatic heterocycles. The molecule has 2 heterocycles. The average Bonchev–Trinajstić information content (AvgIpc) is 3.28. The third-order valence-electron chi connectivity index (χ3n) is 5.35. The van der Waals surface area contributed by atoms with Gasteiger partial charge >= 0.3 is 0 Å². The monoisotopic (exact) mass is 397 g/mol. The van der Waals surface area contributed by atoms with Crippen LogP contribution in [0.3, 0.4) is 0 Å². The van der Waals surface area contributed by atoms with Crippen LogP contribution in [0.1, 0.15) is 44.6 Å². The molecule has 1 unspecified atom stereocenters. The van der Waals surface area contributed by atoms with Crippen molar-refractivity contribution in [2.75, 3.05) is 21.3 Å². The van der Waals surface area contributed by atoms with Gasteiger partial charge in [-0.25, -0.2) is 4.98 Å². The lowest BCUT2D eigenvalue weighted by atomic mass is 10.1. The highest BCUT2D eigenvalue weighted by atomic mass is 32.1. The molecule has 0 bridgehead atoms. The van der Waals surface area contributed by atoms with Gasteiger partial charge < -0.3 is 14.4 Å². The third kappa shape index (κ3) is 3.04. The number of amides is 1. The first-order valence-electron chi connectivity index (χ1n) is 9.23. The van der Waals surface area contributed by atoms with Crippen molar-refractivity contribution < 1.29 is 14.3 Å². The molecule has 3 aromatic rings. The van der Waals surface area contributed by atoms with E-state index in [4.69, 9.17) is 9.47 Å². The van der Waals surface area contributed by atoms with Crippen molar-refractivity contribution >= 4 is 27.5 Å². The van der Waals surface area contributed by atoms with E-state index in [0.29, 0.717) is 23.2 Å². The predicted molar refractivity (Wildman–Crippen MR) is 109 cm³/mol. The number of rotatable bonds is 5. The maximum absolute atomic E-state index is 13.4. The zero-order chi connectivity index (χ0) is 19.8. The average molecular weight is 398 g/mol. The van der Waals surface area contributed by atoms with Crippen molar-refractivity contribution in [2.45, 2.75) is 32.4 Å². The molecule has 0 N–H and O–H groups in total. The summed E-state index contributed by atoms with van der Waals surface area (Å²) in [5.41, 5.74) is 3.44. The van der Waals surface area contributed by atoms with E-state index in [2.05, 4.69) is 28.2 Å². The van der Waals surface area contributed by atoms with E-state index in [0.717, 1.165) is 28.6 Å². The van der Waals surface area contributed by atoms with Crippen LogP contribution in [0.15, 0.2) is 24.3 Å². The minimum Gasteiger partial charge on any atom is -0.480 e. The van der Waals surface area contributed by atoms with Gasteiger partial charge in [0.05, 0.1) is 23.4 Å². The summed E-state index contributed by atoms with van der Waals surface area (Å²) in [6.45, 7) is 2.23. The Hall–Kier alpha value is -2.51. The number of ether oxygens (including phenoxy) is 2. The van der Waals surface area contributed by atoms with Gasteiger partial charge in [-0.05, 0) is 36.5 Å². The van der Waals surface area contributed by atoms with Crippen molar-refractivity contribution in [1.29, 1.82) is 0 Å². The lowest BCUT2D eigenvalue weighted by molar-refractivity contribution is 0.0735. The third-order valence-corrected chi connectivity index (χ3v) is 6.53. The summed E-state index contributed by atoms with van der Waals surface area (Å²) in [5, 5.41) is 0.802. The van der Waals surface area contributed by atoms with Gasteiger partial charge in [0.1, 0.15) is 11.4 Å². The van der Waals surface area contributed by atoms with Crippen LogP contribution in [0, 0.1) is 6.92 Å². The fraction of sp³-hybridized carbons (Fsp3) is 0.381. The van der Waals surface area contributed by atoms with Crippen LogP contribution in [-0.4, -0.2) is 42.0 Å². The molecule has 146 valence electrons. The quantitative estimate of drug-likeness (QED) is 0.653. The Morgan fingerprint density at radius 2 is 2.07 bits per heavy atom. The standard InChI is InChI=1S/C21H23N3O3S/c1-12-17-19(27-4)22-16(11-26-3)23-20(17)28-18(12)21(25)24(2)15-10-9-13-7-5-6-8-14(13)15/h5-8,15H,9-11H2,1-4H3. The van der Waals surface area contributed by atoms with Crippen molar-refractivity contribution in [3.63, 3.8) is 0 Å². The Morgan fingerprint density at radius 1 is 1.29 bits per heavy atom. The SMILES string of the molecule is COCc1nc(OC)c2c(C)c(C(=O)N(C)C3CCc4ccccc43)sc2n1. The number of carbonyl (C=O) groups is 1. The molecule has 1 aromatic carbocycles. The highest BCUT2D eigenvalue weighted by Gasteiger charge is 2.31. The molecule has 1 aliphatic rings. The summed E-state index contributed by atoms with van der Waals surface area (Å²) in [5.74, 6) is 1.04. The summed E-state index contributed by atoms with van der Waals surface area (Å²) in [6.07, 6.45) is 1.95. The Labute approximate surface area is 168 Å². The number of aromatic nitrogens is 2. The summed E-state index contributed by atoms with van der Waals surface area (Å²) in [6, 6.07) is 8.47. The van der Waals surface area contributed by atoms with Gasteiger partial charge in [0.25, 0.3) is 5.91 Å².